The Kier molecular flexibility index (Phi) is 9.91. The van der Waals surface area contributed by atoms with Gasteiger partial charge in [-0.2, -0.15) is 0 Å². The number of aliphatic hydroxyl groups excluding tert-OH is 4. The number of hydrogen-bond donors (Lipinski definition) is 6. The Morgan fingerprint density at radius 3 is 2.17 bits per heavy atom. The molecule has 7 aliphatic rings. The Morgan fingerprint density at radius 2 is 1.50 bits per heavy atom. The van der Waals surface area contributed by atoms with E-state index in [1.165, 1.54) is 12.5 Å². The Labute approximate surface area is 320 Å². The van der Waals surface area contributed by atoms with Crippen LogP contribution in [-0.2, 0) is 28.5 Å². The number of rotatable bonds is 6. The number of allylic oxidation sites excluding steroid dienone is 2. The molecule has 0 spiro atoms. The molecule has 12 nitrogen and oxygen atoms in total. The molecule has 54 heavy (non-hydrogen) atoms. The second-order valence-corrected chi connectivity index (χ2v) is 20.7. The predicted octanol–water partition coefficient (Wildman–Crippen LogP) is 5.03. The summed E-state index contributed by atoms with van der Waals surface area (Å²) in [5.41, 5.74) is 0.172. The maximum atomic E-state index is 13.1. The van der Waals surface area contributed by atoms with E-state index in [9.17, 15) is 40.2 Å². The van der Waals surface area contributed by atoms with Crippen molar-refractivity contribution in [3.05, 3.63) is 11.6 Å². The average molecular weight is 763 g/mol. The zero-order valence-corrected chi connectivity index (χ0v) is 33.5. The van der Waals surface area contributed by atoms with Crippen LogP contribution in [0.25, 0.3) is 0 Å². The van der Waals surface area contributed by atoms with Gasteiger partial charge in [0.05, 0.1) is 24.2 Å². The number of hydrogen-bond acceptors (Lipinski definition) is 10. The third kappa shape index (κ3) is 5.81. The monoisotopic (exact) mass is 762 g/mol. The van der Waals surface area contributed by atoms with Gasteiger partial charge in [0, 0.05) is 0 Å². The minimum atomic E-state index is -1.90. The van der Waals surface area contributed by atoms with Gasteiger partial charge in [-0.15, -0.1) is 0 Å². The van der Waals surface area contributed by atoms with Crippen LogP contribution in [0, 0.1) is 50.2 Å². The molecule has 12 heteroatoms. The molecule has 0 aromatic rings. The average Bonchev–Trinajstić information content (AvgIpc) is 3.08. The minimum Gasteiger partial charge on any atom is -0.481 e. The SMILES string of the molecule is CC1(C)CC[C@]2(C(=O)O)CC[C@]3(C)C(=CC[C@@H]4[C@@]5(C)CC[C@H](O[C@]6(C)O[C@H](C(=O)O)[C@@H](O)[C@H](O[C@@H]7OCC[C@H](O)[C@H]7O)[C@H]6O)C(C)(C)[C@@H]5CC[C@]43C)[C@@H]2C1. The number of aliphatic carboxylic acids is 2. The van der Waals surface area contributed by atoms with Crippen molar-refractivity contribution in [1.29, 1.82) is 0 Å². The molecule has 0 aromatic carbocycles. The topological polar surface area (TPSA) is 192 Å². The van der Waals surface area contributed by atoms with E-state index in [-0.39, 0.29) is 46.5 Å². The molecule has 306 valence electrons. The number of carbonyl (C=O) groups is 2. The molecule has 2 aliphatic heterocycles. The molecule has 0 amide bonds. The Hall–Kier alpha value is -1.64. The highest BCUT2D eigenvalue weighted by Gasteiger charge is 2.70. The lowest BCUT2D eigenvalue weighted by Gasteiger charge is -2.71. The summed E-state index contributed by atoms with van der Waals surface area (Å²) < 4.78 is 24.1. The summed E-state index contributed by atoms with van der Waals surface area (Å²) in [6, 6.07) is 0. The molecule has 6 N–H and O–H groups in total. The van der Waals surface area contributed by atoms with E-state index in [0.29, 0.717) is 18.8 Å². The van der Waals surface area contributed by atoms with Gasteiger partial charge in [0.2, 0.25) is 0 Å². The molecule has 0 radical (unpaired) electrons. The highest BCUT2D eigenvalue weighted by molar-refractivity contribution is 5.76. The van der Waals surface area contributed by atoms with Crippen LogP contribution in [0.1, 0.15) is 126 Å². The smallest absolute Gasteiger partial charge is 0.335 e. The van der Waals surface area contributed by atoms with Gasteiger partial charge in [-0.05, 0) is 122 Å². The Morgan fingerprint density at radius 1 is 0.815 bits per heavy atom. The Bertz CT molecular complexity index is 1530. The number of fused-ring (bicyclic) bond motifs is 7. The van der Waals surface area contributed by atoms with Crippen molar-refractivity contribution >= 4 is 11.9 Å². The van der Waals surface area contributed by atoms with Crippen LogP contribution in [0.15, 0.2) is 11.6 Å². The summed E-state index contributed by atoms with van der Waals surface area (Å²) in [5.74, 6) is -3.35. The maximum Gasteiger partial charge on any atom is 0.335 e. The molecule has 4 saturated carbocycles. The quantitative estimate of drug-likeness (QED) is 0.157. The number of carboxylic acids is 2. The van der Waals surface area contributed by atoms with E-state index in [1.54, 1.807) is 0 Å². The largest absolute Gasteiger partial charge is 0.481 e. The van der Waals surface area contributed by atoms with Crippen molar-refractivity contribution in [2.75, 3.05) is 6.61 Å². The van der Waals surface area contributed by atoms with Gasteiger partial charge in [-0.1, -0.05) is 60.1 Å². The van der Waals surface area contributed by atoms with E-state index < -0.39 is 77.6 Å². The first kappa shape index (κ1) is 40.6. The van der Waals surface area contributed by atoms with Gasteiger partial charge < -0.3 is 49.6 Å². The summed E-state index contributed by atoms with van der Waals surface area (Å²) in [4.78, 5) is 25.4. The number of carboxylic acid groups (broad SMARTS) is 2. The van der Waals surface area contributed by atoms with E-state index in [0.717, 1.165) is 51.4 Å². The number of aliphatic hydroxyl groups is 4. The highest BCUT2D eigenvalue weighted by Crippen LogP contribution is 2.76. The zero-order chi connectivity index (χ0) is 39.6. The van der Waals surface area contributed by atoms with E-state index in [4.69, 9.17) is 18.9 Å². The first-order valence-corrected chi connectivity index (χ1v) is 20.5. The molecule has 2 heterocycles. The van der Waals surface area contributed by atoms with Gasteiger partial charge >= 0.3 is 11.9 Å². The normalized spacial score (nSPS) is 52.4. The second-order valence-electron chi connectivity index (χ2n) is 20.7. The van der Waals surface area contributed by atoms with Crippen molar-refractivity contribution in [3.8, 4) is 0 Å². The van der Waals surface area contributed by atoms with Crippen LogP contribution < -0.4 is 0 Å². The summed E-state index contributed by atoms with van der Waals surface area (Å²) >= 11 is 0. The molecule has 5 aliphatic carbocycles. The van der Waals surface area contributed by atoms with Crippen molar-refractivity contribution in [2.45, 2.75) is 181 Å². The third-order valence-corrected chi connectivity index (χ3v) is 17.1. The van der Waals surface area contributed by atoms with E-state index >= 15 is 0 Å². The molecular formula is C42H66O12. The van der Waals surface area contributed by atoms with Crippen molar-refractivity contribution < 1.29 is 59.2 Å². The van der Waals surface area contributed by atoms with Crippen LogP contribution in [0.5, 0.6) is 0 Å². The van der Waals surface area contributed by atoms with Crippen LogP contribution >= 0.6 is 0 Å². The Balaban J connectivity index is 1.15. The van der Waals surface area contributed by atoms with Crippen molar-refractivity contribution in [2.24, 2.45) is 50.2 Å². The van der Waals surface area contributed by atoms with E-state index in [2.05, 4.69) is 54.5 Å². The van der Waals surface area contributed by atoms with Gasteiger partial charge in [0.15, 0.2) is 18.2 Å². The molecule has 2 saturated heterocycles. The van der Waals surface area contributed by atoms with Crippen LogP contribution in [0.4, 0.5) is 0 Å². The molecule has 0 unspecified atom stereocenters. The lowest BCUT2D eigenvalue weighted by molar-refractivity contribution is -0.392. The summed E-state index contributed by atoms with van der Waals surface area (Å²) in [7, 11) is 0. The van der Waals surface area contributed by atoms with Gasteiger partial charge in [-0.25, -0.2) is 4.79 Å². The van der Waals surface area contributed by atoms with E-state index in [1.807, 2.05) is 0 Å². The lowest BCUT2D eigenvalue weighted by atomic mass is 9.33. The highest BCUT2D eigenvalue weighted by atomic mass is 16.7. The predicted molar refractivity (Wildman–Crippen MR) is 196 cm³/mol. The molecule has 16 atom stereocenters. The van der Waals surface area contributed by atoms with Crippen molar-refractivity contribution in [1.82, 2.24) is 0 Å². The maximum absolute atomic E-state index is 13.1. The molecule has 6 fully saturated rings. The lowest BCUT2D eigenvalue weighted by Crippen LogP contribution is -2.69. The van der Waals surface area contributed by atoms with Crippen LogP contribution in [0.2, 0.25) is 0 Å². The first-order chi connectivity index (χ1) is 25.0. The number of ether oxygens (including phenoxy) is 4. The van der Waals surface area contributed by atoms with Gasteiger partial charge in [0.25, 0.3) is 0 Å². The molecule has 0 aromatic heterocycles. The van der Waals surface area contributed by atoms with Crippen molar-refractivity contribution in [3.63, 3.8) is 0 Å². The fraction of sp³-hybridized carbons (Fsp3) is 0.905. The molecule has 0 bridgehead atoms. The van der Waals surface area contributed by atoms with Gasteiger partial charge in [0.1, 0.15) is 24.4 Å². The fourth-order valence-electron chi connectivity index (χ4n) is 13.6. The molecule has 7 rings (SSSR count). The second kappa shape index (κ2) is 13.2. The standard InChI is InChI=1S/C42H66O12/c1-36(2)16-18-42(35(49)50)19-17-39(6)22(23(42)21-36)9-10-26-38(5)14-12-27(37(3,4)25(38)11-15-40(26,39)7)53-41(8)32(46)30(29(45)31(54-41)33(47)48)52-34-28(44)24(43)13-20-51-34/h9,23-32,34,43-46H,10-21H2,1-8H3,(H,47,48)(H,49,50)/t23-,24-,25-,26+,27-,28+,29-,30-,31-,32+,34-,38-,39+,40+,41+,42-/m0/s1. The summed E-state index contributed by atoms with van der Waals surface area (Å²) in [5, 5.41) is 64.3. The third-order valence-electron chi connectivity index (χ3n) is 17.1. The summed E-state index contributed by atoms with van der Waals surface area (Å²) in [6.07, 6.45) is -0.137. The molecular weight excluding hydrogens is 696 g/mol. The first-order valence-electron chi connectivity index (χ1n) is 20.5. The minimum absolute atomic E-state index is 0.0260. The zero-order valence-electron chi connectivity index (χ0n) is 33.5. The fourth-order valence-corrected chi connectivity index (χ4v) is 13.6. The van der Waals surface area contributed by atoms with Crippen LogP contribution in [0.3, 0.4) is 0 Å². The van der Waals surface area contributed by atoms with Crippen LogP contribution in [-0.4, -0.2) is 104 Å². The summed E-state index contributed by atoms with van der Waals surface area (Å²) in [6.45, 7) is 17.9. The van der Waals surface area contributed by atoms with Gasteiger partial charge in [-0.3, -0.25) is 4.79 Å².